The van der Waals surface area contributed by atoms with E-state index in [1.54, 1.807) is 0 Å². The van der Waals surface area contributed by atoms with Crippen LogP contribution in [0.2, 0.25) is 0 Å². The maximum Gasteiger partial charge on any atom is 0.417 e. The number of sulfonamides is 1. The van der Waals surface area contributed by atoms with Crippen molar-refractivity contribution in [2.75, 3.05) is 13.6 Å². The second kappa shape index (κ2) is 5.70. The lowest BCUT2D eigenvalue weighted by Crippen LogP contribution is -2.33. The summed E-state index contributed by atoms with van der Waals surface area (Å²) in [5.74, 6) is -1.47. The maximum atomic E-state index is 12.9. The van der Waals surface area contributed by atoms with Crippen molar-refractivity contribution in [3.05, 3.63) is 28.2 Å². The highest BCUT2D eigenvalue weighted by atomic mass is 79.9. The van der Waals surface area contributed by atoms with Crippen molar-refractivity contribution < 1.29 is 31.5 Å². The first-order valence-electron chi connectivity index (χ1n) is 5.01. The third kappa shape index (κ3) is 3.70. The van der Waals surface area contributed by atoms with Gasteiger partial charge in [-0.2, -0.15) is 17.5 Å². The molecule has 0 heterocycles. The van der Waals surface area contributed by atoms with Crippen LogP contribution in [0.4, 0.5) is 13.2 Å². The van der Waals surface area contributed by atoms with Gasteiger partial charge in [-0.1, -0.05) is 15.9 Å². The van der Waals surface area contributed by atoms with Gasteiger partial charge in [-0.3, -0.25) is 4.79 Å². The lowest BCUT2D eigenvalue weighted by molar-refractivity contribution is -0.140. The summed E-state index contributed by atoms with van der Waals surface area (Å²) in [4.78, 5) is 9.50. The average molecular weight is 376 g/mol. The summed E-state index contributed by atoms with van der Waals surface area (Å²) in [7, 11) is -3.66. The normalized spacial score (nSPS) is 12.7. The molecule has 0 atom stereocenters. The van der Waals surface area contributed by atoms with Gasteiger partial charge in [0.2, 0.25) is 10.0 Å². The number of hydrogen-bond acceptors (Lipinski definition) is 3. The molecule has 0 saturated heterocycles. The second-order valence-corrected chi connectivity index (χ2v) is 6.72. The van der Waals surface area contributed by atoms with Gasteiger partial charge in [0.1, 0.15) is 6.54 Å². The Hall–Kier alpha value is -1.13. The van der Waals surface area contributed by atoms with Crippen molar-refractivity contribution in [1.82, 2.24) is 4.31 Å². The van der Waals surface area contributed by atoms with Gasteiger partial charge in [0.15, 0.2) is 0 Å². The number of likely N-dealkylation sites (N-methyl/N-ethyl adjacent to an activating group) is 1. The fourth-order valence-electron chi connectivity index (χ4n) is 1.39. The van der Waals surface area contributed by atoms with E-state index in [0.717, 1.165) is 19.2 Å². The van der Waals surface area contributed by atoms with E-state index >= 15 is 0 Å². The molecule has 0 amide bonds. The van der Waals surface area contributed by atoms with Crippen LogP contribution < -0.4 is 0 Å². The zero-order valence-corrected chi connectivity index (χ0v) is 12.4. The molecule has 0 unspecified atom stereocenters. The van der Waals surface area contributed by atoms with Crippen molar-refractivity contribution in [2.24, 2.45) is 0 Å². The topological polar surface area (TPSA) is 74.7 Å². The van der Waals surface area contributed by atoms with E-state index in [1.165, 1.54) is 0 Å². The first-order chi connectivity index (χ1) is 8.96. The number of aliphatic carboxylic acids is 1. The summed E-state index contributed by atoms with van der Waals surface area (Å²) in [6, 6.07) is 2.54. The molecule has 1 aromatic rings. The zero-order chi connectivity index (χ0) is 15.7. The predicted octanol–water partition coefficient (Wildman–Crippen LogP) is 2.17. The van der Waals surface area contributed by atoms with E-state index in [0.29, 0.717) is 10.4 Å². The fourth-order valence-corrected chi connectivity index (χ4v) is 3.06. The van der Waals surface area contributed by atoms with Crippen molar-refractivity contribution >= 4 is 31.9 Å². The summed E-state index contributed by atoms with van der Waals surface area (Å²) in [5.41, 5.74) is -1.36. The molecule has 0 aliphatic carbocycles. The van der Waals surface area contributed by atoms with Gasteiger partial charge in [-0.05, 0) is 18.2 Å². The predicted molar refractivity (Wildman–Crippen MR) is 66.6 cm³/mol. The van der Waals surface area contributed by atoms with Gasteiger partial charge in [-0.25, -0.2) is 8.42 Å². The van der Waals surface area contributed by atoms with Crippen LogP contribution in [0.3, 0.4) is 0 Å². The van der Waals surface area contributed by atoms with E-state index in [-0.39, 0.29) is 4.47 Å². The molecule has 0 radical (unpaired) electrons. The van der Waals surface area contributed by atoms with Crippen LogP contribution in [0.5, 0.6) is 0 Å². The smallest absolute Gasteiger partial charge is 0.417 e. The summed E-state index contributed by atoms with van der Waals surface area (Å²) in [5, 5.41) is 8.53. The molecule has 5 nitrogen and oxygen atoms in total. The molecule has 0 saturated carbocycles. The molecule has 0 aliphatic heterocycles. The number of halogens is 4. The number of alkyl halides is 3. The first kappa shape index (κ1) is 16.9. The van der Waals surface area contributed by atoms with Crippen molar-refractivity contribution in [3.63, 3.8) is 0 Å². The fraction of sp³-hybridized carbons (Fsp3) is 0.300. The van der Waals surface area contributed by atoms with Crippen molar-refractivity contribution in [2.45, 2.75) is 11.1 Å². The third-order valence-electron chi connectivity index (χ3n) is 2.29. The van der Waals surface area contributed by atoms with Crippen LogP contribution in [0.1, 0.15) is 5.56 Å². The quantitative estimate of drug-likeness (QED) is 0.874. The van der Waals surface area contributed by atoms with Gasteiger partial charge in [0.05, 0.1) is 10.5 Å². The lowest BCUT2D eigenvalue weighted by atomic mass is 10.2. The molecule has 0 spiro atoms. The molecule has 1 N–H and O–H groups in total. The Bertz CT molecular complexity index is 630. The minimum atomic E-state index is -4.88. The molecule has 1 aromatic carbocycles. The number of carboxylic acids is 1. The lowest BCUT2D eigenvalue weighted by Gasteiger charge is -2.19. The molecule has 10 heteroatoms. The molecule has 0 aliphatic rings. The summed E-state index contributed by atoms with van der Waals surface area (Å²) >= 11 is 2.83. The van der Waals surface area contributed by atoms with Crippen LogP contribution in [0.25, 0.3) is 0 Å². The highest BCUT2D eigenvalue weighted by Gasteiger charge is 2.38. The van der Waals surface area contributed by atoms with Crippen molar-refractivity contribution in [1.29, 1.82) is 0 Å². The van der Waals surface area contributed by atoms with Crippen LogP contribution in [-0.4, -0.2) is 37.4 Å². The Kier molecular flexibility index (Phi) is 4.82. The zero-order valence-electron chi connectivity index (χ0n) is 9.98. The number of benzene rings is 1. The van der Waals surface area contributed by atoms with Crippen LogP contribution in [-0.2, 0) is 21.0 Å². The van der Waals surface area contributed by atoms with Crippen LogP contribution in [0, 0.1) is 0 Å². The largest absolute Gasteiger partial charge is 0.480 e. The number of nitrogens with zero attached hydrogens (tertiary/aromatic N) is 1. The van der Waals surface area contributed by atoms with Gasteiger partial charge in [-0.15, -0.1) is 0 Å². The molecular weight excluding hydrogens is 367 g/mol. The summed E-state index contributed by atoms with van der Waals surface area (Å²) in [6.07, 6.45) is -4.88. The van der Waals surface area contributed by atoms with Crippen LogP contribution in [0.15, 0.2) is 27.6 Å². The third-order valence-corrected chi connectivity index (χ3v) is 4.65. The maximum absolute atomic E-state index is 12.9. The highest BCUT2D eigenvalue weighted by molar-refractivity contribution is 9.10. The monoisotopic (exact) mass is 375 g/mol. The Morgan fingerprint density at radius 3 is 2.40 bits per heavy atom. The van der Waals surface area contributed by atoms with Gasteiger partial charge >= 0.3 is 12.1 Å². The van der Waals surface area contributed by atoms with Crippen LogP contribution >= 0.6 is 15.9 Å². The minimum absolute atomic E-state index is 0.0599. The SMILES string of the molecule is CN(CC(=O)O)S(=O)(=O)c1ccc(Br)cc1C(F)(F)F. The Labute approximate surface area is 121 Å². The average Bonchev–Trinajstić information content (AvgIpc) is 2.26. The van der Waals surface area contributed by atoms with E-state index in [2.05, 4.69) is 15.9 Å². The van der Waals surface area contributed by atoms with E-state index in [1.807, 2.05) is 0 Å². The molecular formula is C10H9BrF3NO4S. The number of carbonyl (C=O) groups is 1. The molecule has 20 heavy (non-hydrogen) atoms. The molecule has 112 valence electrons. The van der Waals surface area contributed by atoms with Gasteiger partial charge in [0, 0.05) is 11.5 Å². The van der Waals surface area contributed by atoms with E-state index in [9.17, 15) is 26.4 Å². The van der Waals surface area contributed by atoms with Gasteiger partial charge < -0.3 is 5.11 Å². The molecule has 0 aromatic heterocycles. The summed E-state index contributed by atoms with van der Waals surface area (Å²) in [6.45, 7) is -0.935. The van der Waals surface area contributed by atoms with Crippen molar-refractivity contribution in [3.8, 4) is 0 Å². The highest BCUT2D eigenvalue weighted by Crippen LogP contribution is 2.36. The molecule has 0 bridgehead atoms. The molecule has 0 fully saturated rings. The summed E-state index contributed by atoms with van der Waals surface area (Å²) < 4.78 is 63.0. The number of rotatable bonds is 4. The Morgan fingerprint density at radius 2 is 1.95 bits per heavy atom. The Balaban J connectivity index is 3.43. The second-order valence-electron chi connectivity index (χ2n) is 3.79. The van der Waals surface area contributed by atoms with Gasteiger partial charge in [0.25, 0.3) is 0 Å². The number of hydrogen-bond donors (Lipinski definition) is 1. The minimum Gasteiger partial charge on any atom is -0.480 e. The van der Waals surface area contributed by atoms with E-state index in [4.69, 9.17) is 5.11 Å². The van der Waals surface area contributed by atoms with E-state index < -0.39 is 39.2 Å². The standard InChI is InChI=1S/C10H9BrF3NO4S/c1-15(5-9(16)17)20(18,19)8-3-2-6(11)4-7(8)10(12,13)14/h2-4H,5H2,1H3,(H,16,17). The Morgan fingerprint density at radius 1 is 1.40 bits per heavy atom. The molecule has 1 rings (SSSR count). The first-order valence-corrected chi connectivity index (χ1v) is 7.24. The number of carboxylic acid groups (broad SMARTS) is 1.